The Morgan fingerprint density at radius 3 is 2.07 bits per heavy atom. The van der Waals surface area contributed by atoms with Crippen LogP contribution in [0.3, 0.4) is 0 Å². The number of nitrogens with zero attached hydrogens (tertiary/aromatic N) is 2. The summed E-state index contributed by atoms with van der Waals surface area (Å²) in [6, 6.07) is 11.0. The van der Waals surface area contributed by atoms with Crippen molar-refractivity contribution in [3.8, 4) is 0 Å². The van der Waals surface area contributed by atoms with E-state index in [9.17, 15) is 0 Å². The Bertz CT molecular complexity index is 471. The maximum atomic E-state index is 2.72. The summed E-state index contributed by atoms with van der Waals surface area (Å²) >= 11 is 0. The zero-order chi connectivity index (χ0) is 21.3. The molecule has 1 atom stereocenters. The second kappa shape index (κ2) is 16.9. The van der Waals surface area contributed by atoms with Crippen LogP contribution in [0.2, 0.25) is 0 Å². The first-order valence-corrected chi connectivity index (χ1v) is 12.5. The molecule has 168 valence electrons. The molecular formula is C27H50N2. The molecule has 0 fully saturated rings. The summed E-state index contributed by atoms with van der Waals surface area (Å²) in [6.45, 7) is 15.7. The summed E-state index contributed by atoms with van der Waals surface area (Å²) in [6.07, 6.45) is 12.0. The van der Waals surface area contributed by atoms with Crippen LogP contribution >= 0.6 is 0 Å². The van der Waals surface area contributed by atoms with E-state index in [1.165, 1.54) is 96.1 Å². The Balaban J connectivity index is 2.41. The Hall–Kier alpha value is -0.860. The standard InChI is InChI=1S/C27H50N2/c1-6-8-10-14-20-28(5)22-18-27(25(3)4)19-24-29(21-9-7-2)23-17-26-15-12-11-13-16-26/h11-13,15-16,25,27H,6-10,14,17-24H2,1-5H3. The van der Waals surface area contributed by atoms with Gasteiger partial charge in [0.2, 0.25) is 0 Å². The quantitative estimate of drug-likeness (QED) is 0.246. The molecule has 1 rings (SSSR count). The molecule has 0 spiro atoms. The number of hydrogen-bond donors (Lipinski definition) is 0. The minimum Gasteiger partial charge on any atom is -0.306 e. The minimum absolute atomic E-state index is 0.783. The summed E-state index contributed by atoms with van der Waals surface area (Å²) in [5, 5.41) is 0. The number of rotatable bonds is 18. The van der Waals surface area contributed by atoms with Gasteiger partial charge in [-0.05, 0) is 82.7 Å². The molecule has 0 saturated carbocycles. The van der Waals surface area contributed by atoms with E-state index in [0.717, 1.165) is 11.8 Å². The molecule has 0 radical (unpaired) electrons. The van der Waals surface area contributed by atoms with Crippen molar-refractivity contribution in [3.05, 3.63) is 35.9 Å². The smallest absolute Gasteiger partial charge is 0.00218 e. The highest BCUT2D eigenvalue weighted by molar-refractivity contribution is 5.14. The molecule has 0 heterocycles. The normalized spacial score (nSPS) is 13.0. The fourth-order valence-electron chi connectivity index (χ4n) is 4.11. The van der Waals surface area contributed by atoms with Crippen LogP contribution in [-0.2, 0) is 6.42 Å². The molecule has 0 aliphatic heterocycles. The van der Waals surface area contributed by atoms with Crippen molar-refractivity contribution in [3.63, 3.8) is 0 Å². The molecule has 0 saturated heterocycles. The van der Waals surface area contributed by atoms with Gasteiger partial charge >= 0.3 is 0 Å². The van der Waals surface area contributed by atoms with Gasteiger partial charge in [0.05, 0.1) is 0 Å². The Morgan fingerprint density at radius 2 is 1.41 bits per heavy atom. The van der Waals surface area contributed by atoms with Gasteiger partial charge < -0.3 is 9.80 Å². The maximum absolute atomic E-state index is 2.72. The van der Waals surface area contributed by atoms with E-state index in [1.807, 2.05) is 0 Å². The molecular weight excluding hydrogens is 352 g/mol. The fourth-order valence-corrected chi connectivity index (χ4v) is 4.11. The summed E-state index contributed by atoms with van der Waals surface area (Å²) in [7, 11) is 2.32. The van der Waals surface area contributed by atoms with Gasteiger partial charge in [-0.2, -0.15) is 0 Å². The zero-order valence-electron chi connectivity index (χ0n) is 20.3. The van der Waals surface area contributed by atoms with Gasteiger partial charge in [0.1, 0.15) is 0 Å². The number of unbranched alkanes of at least 4 members (excludes halogenated alkanes) is 4. The number of hydrogen-bond acceptors (Lipinski definition) is 2. The first kappa shape index (κ1) is 26.2. The van der Waals surface area contributed by atoms with E-state index in [-0.39, 0.29) is 0 Å². The summed E-state index contributed by atoms with van der Waals surface area (Å²) in [4.78, 5) is 5.29. The van der Waals surface area contributed by atoms with Crippen molar-refractivity contribution in [2.45, 2.75) is 85.5 Å². The van der Waals surface area contributed by atoms with E-state index < -0.39 is 0 Å². The highest BCUT2D eigenvalue weighted by atomic mass is 15.1. The molecule has 29 heavy (non-hydrogen) atoms. The first-order chi connectivity index (χ1) is 14.1. The predicted molar refractivity (Wildman–Crippen MR) is 131 cm³/mol. The van der Waals surface area contributed by atoms with Gasteiger partial charge in [0.25, 0.3) is 0 Å². The first-order valence-electron chi connectivity index (χ1n) is 12.5. The van der Waals surface area contributed by atoms with Gasteiger partial charge in [0.15, 0.2) is 0 Å². The van der Waals surface area contributed by atoms with E-state index >= 15 is 0 Å². The fraction of sp³-hybridized carbons (Fsp3) is 0.778. The summed E-state index contributed by atoms with van der Waals surface area (Å²) in [5.74, 6) is 1.62. The molecule has 0 aliphatic carbocycles. The van der Waals surface area contributed by atoms with Crippen LogP contribution in [0.1, 0.15) is 84.6 Å². The second-order valence-electron chi connectivity index (χ2n) is 9.38. The highest BCUT2D eigenvalue weighted by Crippen LogP contribution is 2.21. The largest absolute Gasteiger partial charge is 0.306 e. The molecule has 1 unspecified atom stereocenters. The summed E-state index contributed by atoms with van der Waals surface area (Å²) < 4.78 is 0. The van der Waals surface area contributed by atoms with Crippen LogP contribution in [0, 0.1) is 11.8 Å². The van der Waals surface area contributed by atoms with Crippen LogP contribution in [-0.4, -0.2) is 49.6 Å². The van der Waals surface area contributed by atoms with Crippen molar-refractivity contribution in [2.24, 2.45) is 11.8 Å². The monoisotopic (exact) mass is 402 g/mol. The SMILES string of the molecule is CCCCCCN(C)CCC(CCN(CCCC)CCc1ccccc1)C(C)C. The average molecular weight is 403 g/mol. The topological polar surface area (TPSA) is 6.48 Å². The van der Waals surface area contributed by atoms with Gasteiger partial charge in [-0.1, -0.05) is 83.7 Å². The molecule has 0 aromatic heterocycles. The maximum Gasteiger partial charge on any atom is 0.00218 e. The van der Waals surface area contributed by atoms with Crippen LogP contribution in [0.25, 0.3) is 0 Å². The Labute approximate surface area is 183 Å². The molecule has 2 heteroatoms. The van der Waals surface area contributed by atoms with Crippen LogP contribution in [0.4, 0.5) is 0 Å². The minimum atomic E-state index is 0.783. The summed E-state index contributed by atoms with van der Waals surface area (Å²) in [5.41, 5.74) is 1.47. The third kappa shape index (κ3) is 13.1. The van der Waals surface area contributed by atoms with Gasteiger partial charge in [-0.15, -0.1) is 0 Å². The highest BCUT2D eigenvalue weighted by Gasteiger charge is 2.16. The number of benzene rings is 1. The van der Waals surface area contributed by atoms with E-state index in [2.05, 4.69) is 74.9 Å². The lowest BCUT2D eigenvalue weighted by molar-refractivity contribution is 0.209. The molecule has 1 aromatic carbocycles. The van der Waals surface area contributed by atoms with Gasteiger partial charge in [0, 0.05) is 6.54 Å². The lowest BCUT2D eigenvalue weighted by Crippen LogP contribution is -2.31. The molecule has 2 nitrogen and oxygen atoms in total. The van der Waals surface area contributed by atoms with E-state index in [0.29, 0.717) is 0 Å². The van der Waals surface area contributed by atoms with Crippen molar-refractivity contribution in [1.29, 1.82) is 0 Å². The third-order valence-electron chi connectivity index (χ3n) is 6.42. The third-order valence-corrected chi connectivity index (χ3v) is 6.42. The molecule has 0 bridgehead atoms. The van der Waals surface area contributed by atoms with E-state index in [4.69, 9.17) is 0 Å². The average Bonchev–Trinajstić information content (AvgIpc) is 2.73. The van der Waals surface area contributed by atoms with E-state index in [1.54, 1.807) is 0 Å². The molecule has 0 aliphatic rings. The molecule has 0 N–H and O–H groups in total. The zero-order valence-corrected chi connectivity index (χ0v) is 20.3. The van der Waals surface area contributed by atoms with Crippen molar-refractivity contribution < 1.29 is 0 Å². The molecule has 0 amide bonds. The van der Waals surface area contributed by atoms with Crippen molar-refractivity contribution in [2.75, 3.05) is 39.8 Å². The van der Waals surface area contributed by atoms with Crippen molar-refractivity contribution in [1.82, 2.24) is 9.80 Å². The lowest BCUT2D eigenvalue weighted by Gasteiger charge is -2.28. The van der Waals surface area contributed by atoms with Crippen LogP contribution in [0.15, 0.2) is 30.3 Å². The predicted octanol–water partition coefficient (Wildman–Crippen LogP) is 6.90. The second-order valence-corrected chi connectivity index (χ2v) is 9.38. The Morgan fingerprint density at radius 1 is 0.724 bits per heavy atom. The van der Waals surface area contributed by atoms with Gasteiger partial charge in [-0.25, -0.2) is 0 Å². The van der Waals surface area contributed by atoms with Gasteiger partial charge in [-0.3, -0.25) is 0 Å². The molecule has 1 aromatic rings. The van der Waals surface area contributed by atoms with Crippen molar-refractivity contribution >= 4 is 0 Å². The Kier molecular flexibility index (Phi) is 15.2. The van der Waals surface area contributed by atoms with Crippen LogP contribution in [0.5, 0.6) is 0 Å². The van der Waals surface area contributed by atoms with Crippen LogP contribution < -0.4 is 0 Å². The lowest BCUT2D eigenvalue weighted by atomic mass is 9.89.